The molecular weight excluding hydrogens is 274 g/mol. The van der Waals surface area contributed by atoms with Crippen LogP contribution in [0.3, 0.4) is 0 Å². The van der Waals surface area contributed by atoms with Gasteiger partial charge in [-0.2, -0.15) is 0 Å². The lowest BCUT2D eigenvalue weighted by Gasteiger charge is -2.39. The molecule has 3 rings (SSSR count). The number of methoxy groups -OCH3 is 1. The molecule has 1 aliphatic rings. The van der Waals surface area contributed by atoms with Crippen LogP contribution in [0.2, 0.25) is 0 Å². The third kappa shape index (κ3) is 2.13. The van der Waals surface area contributed by atoms with Crippen LogP contribution in [0.25, 0.3) is 10.1 Å². The standard InChI is InChI=1S/C15H15NO3S/c1-19-14(18)15(6-7-16-15)9-11(17)13-8-10-4-2-3-5-12(10)20-13/h2-5,8,16H,6-7,9H2,1H3. The minimum atomic E-state index is -0.817. The number of Topliss-reactive ketones (excluding diaryl/α,β-unsaturated/α-hetero) is 1. The van der Waals surface area contributed by atoms with Gasteiger partial charge in [-0.15, -0.1) is 11.3 Å². The number of rotatable bonds is 4. The highest BCUT2D eigenvalue weighted by molar-refractivity contribution is 7.20. The Morgan fingerprint density at radius 2 is 2.15 bits per heavy atom. The maximum atomic E-state index is 12.4. The molecule has 2 heterocycles. The Kier molecular flexibility index (Phi) is 3.31. The second-order valence-corrected chi connectivity index (χ2v) is 6.08. The summed E-state index contributed by atoms with van der Waals surface area (Å²) in [6.07, 6.45) is 0.808. The highest BCUT2D eigenvalue weighted by Gasteiger charge is 2.46. The first-order valence-corrected chi connectivity index (χ1v) is 7.31. The number of ketones is 1. The van der Waals surface area contributed by atoms with E-state index in [2.05, 4.69) is 5.32 Å². The number of hydrogen-bond acceptors (Lipinski definition) is 5. The van der Waals surface area contributed by atoms with Crippen LogP contribution in [0.15, 0.2) is 30.3 Å². The Labute approximate surface area is 120 Å². The van der Waals surface area contributed by atoms with Crippen LogP contribution in [0.5, 0.6) is 0 Å². The lowest BCUT2D eigenvalue weighted by molar-refractivity contribution is -0.151. The van der Waals surface area contributed by atoms with Gasteiger partial charge in [-0.1, -0.05) is 18.2 Å². The third-order valence-corrected chi connectivity index (χ3v) is 4.91. The summed E-state index contributed by atoms with van der Waals surface area (Å²) in [4.78, 5) is 24.9. The zero-order valence-corrected chi connectivity index (χ0v) is 12.0. The molecule has 0 amide bonds. The minimum absolute atomic E-state index is 0.0104. The molecule has 0 aliphatic carbocycles. The monoisotopic (exact) mass is 289 g/mol. The molecule has 5 heteroatoms. The SMILES string of the molecule is COC(=O)C1(CC(=O)c2cc3ccccc3s2)CCN1. The lowest BCUT2D eigenvalue weighted by atomic mass is 9.82. The van der Waals surface area contributed by atoms with Crippen molar-refractivity contribution in [3.63, 3.8) is 0 Å². The normalized spacial score (nSPS) is 21.4. The molecule has 1 N–H and O–H groups in total. The molecule has 0 radical (unpaired) electrons. The summed E-state index contributed by atoms with van der Waals surface area (Å²) in [6, 6.07) is 9.78. The Morgan fingerprint density at radius 3 is 2.75 bits per heavy atom. The van der Waals surface area contributed by atoms with E-state index in [1.54, 1.807) is 0 Å². The van der Waals surface area contributed by atoms with Crippen molar-refractivity contribution in [3.05, 3.63) is 35.2 Å². The topological polar surface area (TPSA) is 55.4 Å². The summed E-state index contributed by atoms with van der Waals surface area (Å²) in [6.45, 7) is 0.745. The van der Waals surface area contributed by atoms with Crippen LogP contribution >= 0.6 is 11.3 Å². The first kappa shape index (κ1) is 13.3. The van der Waals surface area contributed by atoms with Crippen molar-refractivity contribution in [2.24, 2.45) is 0 Å². The van der Waals surface area contributed by atoms with Gasteiger partial charge in [0.15, 0.2) is 5.78 Å². The van der Waals surface area contributed by atoms with Gasteiger partial charge in [0, 0.05) is 11.1 Å². The predicted octanol–water partition coefficient (Wildman–Crippen LogP) is 2.38. The average Bonchev–Trinajstić information content (AvgIpc) is 2.85. The van der Waals surface area contributed by atoms with Gasteiger partial charge in [-0.25, -0.2) is 0 Å². The quantitative estimate of drug-likeness (QED) is 0.693. The lowest BCUT2D eigenvalue weighted by Crippen LogP contribution is -2.63. The van der Waals surface area contributed by atoms with Crippen molar-refractivity contribution in [3.8, 4) is 0 Å². The van der Waals surface area contributed by atoms with Gasteiger partial charge in [0.2, 0.25) is 0 Å². The number of ether oxygens (including phenoxy) is 1. The fourth-order valence-corrected chi connectivity index (χ4v) is 3.50. The Hall–Kier alpha value is -1.72. The first-order valence-electron chi connectivity index (χ1n) is 6.50. The molecule has 1 aromatic carbocycles. The minimum Gasteiger partial charge on any atom is -0.468 e. The van der Waals surface area contributed by atoms with E-state index in [4.69, 9.17) is 4.74 Å². The number of carbonyl (C=O) groups is 2. The Balaban J connectivity index is 1.83. The maximum Gasteiger partial charge on any atom is 0.326 e. The van der Waals surface area contributed by atoms with Gasteiger partial charge in [0.05, 0.1) is 12.0 Å². The molecule has 2 aromatic rings. The van der Waals surface area contributed by atoms with Crippen molar-refractivity contribution in [1.29, 1.82) is 0 Å². The smallest absolute Gasteiger partial charge is 0.326 e. The number of nitrogens with one attached hydrogen (secondary N) is 1. The van der Waals surface area contributed by atoms with Crippen molar-refractivity contribution < 1.29 is 14.3 Å². The number of hydrogen-bond donors (Lipinski definition) is 1. The molecule has 20 heavy (non-hydrogen) atoms. The van der Waals surface area contributed by atoms with Crippen molar-refractivity contribution in [2.45, 2.75) is 18.4 Å². The van der Waals surface area contributed by atoms with Gasteiger partial charge < -0.3 is 10.1 Å². The molecule has 1 fully saturated rings. The van der Waals surface area contributed by atoms with Crippen molar-refractivity contribution in [1.82, 2.24) is 5.32 Å². The van der Waals surface area contributed by atoms with Crippen LogP contribution in [0.1, 0.15) is 22.5 Å². The molecule has 1 unspecified atom stereocenters. The number of esters is 1. The fraction of sp³-hybridized carbons (Fsp3) is 0.333. The van der Waals surface area contributed by atoms with E-state index in [9.17, 15) is 9.59 Å². The molecule has 1 aromatic heterocycles. The molecule has 1 aliphatic heterocycles. The number of benzene rings is 1. The van der Waals surface area contributed by atoms with Gasteiger partial charge >= 0.3 is 5.97 Å². The summed E-state index contributed by atoms with van der Waals surface area (Å²) in [5.74, 6) is -0.359. The van der Waals surface area contributed by atoms with Crippen molar-refractivity contribution in [2.75, 3.05) is 13.7 Å². The molecule has 104 valence electrons. The molecule has 4 nitrogen and oxygen atoms in total. The van der Waals surface area contributed by atoms with E-state index < -0.39 is 5.54 Å². The van der Waals surface area contributed by atoms with Gasteiger partial charge in [0.25, 0.3) is 0 Å². The van der Waals surface area contributed by atoms with E-state index in [0.717, 1.165) is 16.6 Å². The molecule has 0 bridgehead atoms. The molecule has 0 saturated carbocycles. The molecular formula is C15H15NO3S. The third-order valence-electron chi connectivity index (χ3n) is 3.75. The number of thiophene rings is 1. The van der Waals surface area contributed by atoms with Crippen LogP contribution in [0, 0.1) is 0 Å². The summed E-state index contributed by atoms with van der Waals surface area (Å²) in [5.41, 5.74) is -0.817. The van der Waals surface area contributed by atoms with Crippen LogP contribution in [-0.2, 0) is 9.53 Å². The van der Waals surface area contributed by atoms with E-state index >= 15 is 0 Å². The van der Waals surface area contributed by atoms with Crippen LogP contribution in [-0.4, -0.2) is 30.9 Å². The summed E-state index contributed by atoms with van der Waals surface area (Å²) in [7, 11) is 1.36. The fourth-order valence-electron chi connectivity index (χ4n) is 2.50. The highest BCUT2D eigenvalue weighted by atomic mass is 32.1. The molecule has 0 spiro atoms. The number of fused-ring (bicyclic) bond motifs is 1. The Morgan fingerprint density at radius 1 is 1.40 bits per heavy atom. The van der Waals surface area contributed by atoms with E-state index in [-0.39, 0.29) is 18.2 Å². The largest absolute Gasteiger partial charge is 0.468 e. The zero-order chi connectivity index (χ0) is 14.2. The summed E-state index contributed by atoms with van der Waals surface area (Å²) in [5, 5.41) is 4.12. The second kappa shape index (κ2) is 5.00. The van der Waals surface area contributed by atoms with Crippen LogP contribution < -0.4 is 5.32 Å². The maximum absolute atomic E-state index is 12.4. The highest BCUT2D eigenvalue weighted by Crippen LogP contribution is 2.31. The molecule has 1 saturated heterocycles. The number of carbonyl (C=O) groups excluding carboxylic acids is 2. The summed E-state index contributed by atoms with van der Waals surface area (Å²) >= 11 is 1.47. The van der Waals surface area contributed by atoms with E-state index in [1.807, 2.05) is 30.3 Å². The van der Waals surface area contributed by atoms with Crippen LogP contribution in [0.4, 0.5) is 0 Å². The zero-order valence-electron chi connectivity index (χ0n) is 11.1. The van der Waals surface area contributed by atoms with Gasteiger partial charge in [0.1, 0.15) is 5.54 Å². The van der Waals surface area contributed by atoms with Gasteiger partial charge in [-0.3, -0.25) is 9.59 Å². The average molecular weight is 289 g/mol. The Bertz CT molecular complexity index is 640. The van der Waals surface area contributed by atoms with E-state index in [0.29, 0.717) is 11.3 Å². The van der Waals surface area contributed by atoms with E-state index in [1.165, 1.54) is 18.4 Å². The molecule has 1 atom stereocenters. The van der Waals surface area contributed by atoms with Crippen molar-refractivity contribution >= 4 is 33.2 Å². The van der Waals surface area contributed by atoms with Gasteiger partial charge in [-0.05, 0) is 30.5 Å². The predicted molar refractivity (Wildman–Crippen MR) is 78.1 cm³/mol. The summed E-state index contributed by atoms with van der Waals surface area (Å²) < 4.78 is 5.89. The first-order chi connectivity index (χ1) is 9.64. The second-order valence-electron chi connectivity index (χ2n) is 5.00.